The first kappa shape index (κ1) is 15.3. The van der Waals surface area contributed by atoms with Crippen LogP contribution in [-0.4, -0.2) is 36.2 Å². The quantitative estimate of drug-likeness (QED) is 0.863. The first-order valence-electron chi connectivity index (χ1n) is 7.37. The number of benzene rings is 1. The number of ether oxygens (including phenoxy) is 2. The predicted octanol–water partition coefficient (Wildman–Crippen LogP) is 2.15. The van der Waals surface area contributed by atoms with E-state index in [1.54, 1.807) is 26.0 Å². The Morgan fingerprint density at radius 2 is 1.87 bits per heavy atom. The van der Waals surface area contributed by atoms with Crippen LogP contribution in [0.2, 0.25) is 0 Å². The fourth-order valence-electron chi connectivity index (χ4n) is 2.59. The smallest absolute Gasteiger partial charge is 0.271 e. The highest BCUT2D eigenvalue weighted by molar-refractivity contribution is 6.07. The third-order valence-corrected chi connectivity index (χ3v) is 3.79. The molecule has 2 heterocycles. The zero-order chi connectivity index (χ0) is 16.6. The number of hydrogen-bond donors (Lipinski definition) is 1. The van der Waals surface area contributed by atoms with Gasteiger partial charge in [-0.25, -0.2) is 0 Å². The number of anilines is 1. The van der Waals surface area contributed by atoms with Gasteiger partial charge in [0, 0.05) is 18.1 Å². The summed E-state index contributed by atoms with van der Waals surface area (Å²) in [5, 5.41) is 6.58. The van der Waals surface area contributed by atoms with Crippen LogP contribution in [0, 0.1) is 0 Å². The number of oxime groups is 1. The molecule has 0 fully saturated rings. The lowest BCUT2D eigenvalue weighted by Crippen LogP contribution is -2.40. The van der Waals surface area contributed by atoms with Crippen molar-refractivity contribution in [3.05, 3.63) is 17.7 Å². The van der Waals surface area contributed by atoms with Crippen molar-refractivity contribution >= 4 is 23.1 Å². The van der Waals surface area contributed by atoms with Crippen molar-refractivity contribution in [2.24, 2.45) is 5.16 Å². The van der Waals surface area contributed by atoms with E-state index < -0.39 is 5.60 Å². The number of amides is 1. The molecule has 0 saturated carbocycles. The van der Waals surface area contributed by atoms with E-state index in [1.165, 1.54) is 6.92 Å². The topological polar surface area (TPSA) is 86.2 Å². The molecule has 3 rings (SSSR count). The number of carbonyl (C=O) groups excluding carboxylic acids is 2. The van der Waals surface area contributed by atoms with E-state index >= 15 is 0 Å². The average molecular weight is 318 g/mol. The minimum absolute atomic E-state index is 0.179. The van der Waals surface area contributed by atoms with Gasteiger partial charge < -0.3 is 19.6 Å². The van der Waals surface area contributed by atoms with E-state index in [9.17, 15) is 9.59 Å². The van der Waals surface area contributed by atoms with Crippen LogP contribution in [0.4, 0.5) is 5.69 Å². The molecule has 0 bridgehead atoms. The maximum Gasteiger partial charge on any atom is 0.271 e. The summed E-state index contributed by atoms with van der Waals surface area (Å²) in [6, 6.07) is 3.20. The Bertz CT molecular complexity index is 713. The molecule has 0 aromatic heterocycles. The number of Topliss-reactive ketones (excluding diaryl/α,β-unsaturated/α-hetero) is 1. The molecular weight excluding hydrogens is 300 g/mol. The first-order valence-corrected chi connectivity index (χ1v) is 7.37. The van der Waals surface area contributed by atoms with Crippen LogP contribution >= 0.6 is 0 Å². The molecule has 0 saturated heterocycles. The normalized spacial score (nSPS) is 22.1. The van der Waals surface area contributed by atoms with Crippen molar-refractivity contribution in [3.63, 3.8) is 0 Å². The Hall–Kier alpha value is -2.57. The molecule has 7 nitrogen and oxygen atoms in total. The molecule has 0 spiro atoms. The Labute approximate surface area is 133 Å². The average Bonchev–Trinajstić information content (AvgIpc) is 2.87. The van der Waals surface area contributed by atoms with Gasteiger partial charge in [-0.05, 0) is 26.8 Å². The molecular formula is C16H18N2O5. The van der Waals surface area contributed by atoms with Crippen LogP contribution in [0.5, 0.6) is 11.5 Å². The molecule has 7 heteroatoms. The van der Waals surface area contributed by atoms with E-state index in [1.807, 2.05) is 0 Å². The van der Waals surface area contributed by atoms with Crippen LogP contribution in [-0.2, 0) is 9.63 Å². The number of nitrogens with one attached hydrogen (secondary N) is 1. The highest BCUT2D eigenvalue weighted by Gasteiger charge is 2.41. The van der Waals surface area contributed by atoms with Gasteiger partial charge in [0.15, 0.2) is 17.3 Å². The summed E-state index contributed by atoms with van der Waals surface area (Å²) in [6.07, 6.45) is 0.402. The number of fused-ring (bicyclic) bond motifs is 1. The highest BCUT2D eigenvalue weighted by atomic mass is 16.7. The largest absolute Gasteiger partial charge is 0.486 e. The van der Waals surface area contributed by atoms with Crippen molar-refractivity contribution in [1.29, 1.82) is 0 Å². The van der Waals surface area contributed by atoms with Crippen LogP contribution in [0.1, 0.15) is 37.6 Å². The SMILES string of the molecule is CC(=O)c1cc2c(cc1NC(=O)C1(C)CC(C)=NO1)OCCO2. The maximum atomic E-state index is 12.5. The number of carbonyl (C=O) groups is 2. The fraction of sp³-hybridized carbons (Fsp3) is 0.438. The number of hydrogen-bond acceptors (Lipinski definition) is 6. The van der Waals surface area contributed by atoms with Crippen molar-refractivity contribution in [3.8, 4) is 11.5 Å². The molecule has 1 aromatic rings. The van der Waals surface area contributed by atoms with Gasteiger partial charge in [0.05, 0.1) is 11.4 Å². The highest BCUT2D eigenvalue weighted by Crippen LogP contribution is 2.36. The summed E-state index contributed by atoms with van der Waals surface area (Å²) in [5.74, 6) is 0.461. The molecule has 2 aliphatic heterocycles. The monoisotopic (exact) mass is 318 g/mol. The summed E-state index contributed by atoms with van der Waals surface area (Å²) in [4.78, 5) is 29.7. The second-order valence-electron chi connectivity index (χ2n) is 5.88. The maximum absolute atomic E-state index is 12.5. The van der Waals surface area contributed by atoms with E-state index in [0.717, 1.165) is 5.71 Å². The molecule has 23 heavy (non-hydrogen) atoms. The molecule has 122 valence electrons. The Kier molecular flexibility index (Phi) is 3.71. The minimum atomic E-state index is -1.08. The number of ketones is 1. The van der Waals surface area contributed by atoms with Crippen molar-refractivity contribution in [1.82, 2.24) is 0 Å². The standard InChI is InChI=1S/C16H18N2O5/c1-9-8-16(3,23-18-9)15(20)17-12-7-14-13(21-4-5-22-14)6-11(12)10(2)19/h6-7H,4-5,8H2,1-3H3,(H,17,20). The van der Waals surface area contributed by atoms with Gasteiger partial charge in [0.1, 0.15) is 13.2 Å². The van der Waals surface area contributed by atoms with Gasteiger partial charge in [-0.15, -0.1) is 0 Å². The van der Waals surface area contributed by atoms with E-state index in [-0.39, 0.29) is 11.7 Å². The third kappa shape index (κ3) is 2.86. The van der Waals surface area contributed by atoms with Gasteiger partial charge in [-0.3, -0.25) is 9.59 Å². The zero-order valence-electron chi connectivity index (χ0n) is 13.3. The lowest BCUT2D eigenvalue weighted by molar-refractivity contribution is -0.135. The van der Waals surface area contributed by atoms with Crippen molar-refractivity contribution in [2.75, 3.05) is 18.5 Å². The molecule has 1 unspecified atom stereocenters. The van der Waals surface area contributed by atoms with Gasteiger partial charge in [-0.1, -0.05) is 5.16 Å². The van der Waals surface area contributed by atoms with Crippen molar-refractivity contribution < 1.29 is 23.9 Å². The van der Waals surface area contributed by atoms with E-state index in [4.69, 9.17) is 14.3 Å². The summed E-state index contributed by atoms with van der Waals surface area (Å²) in [7, 11) is 0. The first-order chi connectivity index (χ1) is 10.9. The molecule has 1 atom stereocenters. The second kappa shape index (κ2) is 5.57. The lowest BCUT2D eigenvalue weighted by Gasteiger charge is -2.23. The minimum Gasteiger partial charge on any atom is -0.486 e. The third-order valence-electron chi connectivity index (χ3n) is 3.79. The molecule has 2 aliphatic rings. The van der Waals surface area contributed by atoms with Crippen LogP contribution < -0.4 is 14.8 Å². The predicted molar refractivity (Wildman–Crippen MR) is 83.3 cm³/mol. The van der Waals surface area contributed by atoms with Gasteiger partial charge in [0.25, 0.3) is 5.91 Å². The molecule has 0 radical (unpaired) electrons. The zero-order valence-corrected chi connectivity index (χ0v) is 13.3. The molecule has 1 amide bonds. The second-order valence-corrected chi connectivity index (χ2v) is 5.88. The summed E-state index contributed by atoms with van der Waals surface area (Å²) >= 11 is 0. The Morgan fingerprint density at radius 3 is 2.43 bits per heavy atom. The number of rotatable bonds is 3. The van der Waals surface area contributed by atoms with Gasteiger partial charge >= 0.3 is 0 Å². The van der Waals surface area contributed by atoms with Gasteiger partial charge in [0.2, 0.25) is 5.60 Å². The van der Waals surface area contributed by atoms with Crippen LogP contribution in [0.25, 0.3) is 0 Å². The molecule has 1 N–H and O–H groups in total. The molecule has 0 aliphatic carbocycles. The molecule has 1 aromatic carbocycles. The Balaban J connectivity index is 1.90. The van der Waals surface area contributed by atoms with E-state index in [0.29, 0.717) is 42.4 Å². The fourth-order valence-corrected chi connectivity index (χ4v) is 2.59. The summed E-state index contributed by atoms with van der Waals surface area (Å²) in [5.41, 5.74) is 0.408. The van der Waals surface area contributed by atoms with Gasteiger partial charge in [-0.2, -0.15) is 0 Å². The van der Waals surface area contributed by atoms with Crippen LogP contribution in [0.15, 0.2) is 17.3 Å². The lowest BCUT2D eigenvalue weighted by atomic mass is 9.98. The van der Waals surface area contributed by atoms with Crippen LogP contribution in [0.3, 0.4) is 0 Å². The summed E-state index contributed by atoms with van der Waals surface area (Å²) < 4.78 is 11.0. The van der Waals surface area contributed by atoms with E-state index in [2.05, 4.69) is 10.5 Å². The number of nitrogens with zero attached hydrogens (tertiary/aromatic N) is 1. The Morgan fingerprint density at radius 1 is 1.22 bits per heavy atom. The van der Waals surface area contributed by atoms with Crippen molar-refractivity contribution in [2.45, 2.75) is 32.8 Å². The summed E-state index contributed by atoms with van der Waals surface area (Å²) in [6.45, 7) is 5.74.